The molecule has 19 heteroatoms. The molecule has 17 nitrogen and oxygen atoms in total. The van der Waals surface area contributed by atoms with Crippen LogP contribution in [0.5, 0.6) is 0 Å². The van der Waals surface area contributed by atoms with Gasteiger partial charge in [0.15, 0.2) is 12.2 Å². The van der Waals surface area contributed by atoms with E-state index >= 15 is 0 Å². The van der Waals surface area contributed by atoms with Crippen LogP contribution in [0.1, 0.15) is 421 Å². The lowest BCUT2D eigenvalue weighted by molar-refractivity contribution is -0.161. The van der Waals surface area contributed by atoms with Crippen LogP contribution in [0.4, 0.5) is 0 Å². The smallest absolute Gasteiger partial charge is 0.462 e. The zero-order valence-electron chi connectivity index (χ0n) is 66.5. The Balaban J connectivity index is 5.18. The Morgan fingerprint density at radius 2 is 0.475 bits per heavy atom. The molecule has 0 saturated carbocycles. The Bertz CT molecular complexity index is 1970. The van der Waals surface area contributed by atoms with Crippen molar-refractivity contribution in [3.05, 3.63) is 0 Å². The average molecular weight is 1480 g/mol. The van der Waals surface area contributed by atoms with Crippen molar-refractivity contribution < 1.29 is 80.2 Å². The van der Waals surface area contributed by atoms with E-state index in [2.05, 4.69) is 55.4 Å². The Kier molecular flexibility index (Phi) is 69.6. The van der Waals surface area contributed by atoms with Gasteiger partial charge in [-0.25, -0.2) is 9.13 Å². The molecule has 0 saturated heterocycles. The van der Waals surface area contributed by atoms with E-state index in [1.54, 1.807) is 0 Å². The van der Waals surface area contributed by atoms with Crippen LogP contribution in [0.25, 0.3) is 0 Å². The molecule has 0 aromatic carbocycles. The topological polar surface area (TPSA) is 237 Å². The molecule has 0 radical (unpaired) electrons. The molecule has 0 aliphatic heterocycles. The van der Waals surface area contributed by atoms with E-state index in [1.165, 1.54) is 218 Å². The minimum absolute atomic E-state index is 0.106. The largest absolute Gasteiger partial charge is 0.472 e. The van der Waals surface area contributed by atoms with Gasteiger partial charge in [0.2, 0.25) is 0 Å². The maximum Gasteiger partial charge on any atom is 0.472 e. The number of hydrogen-bond donors (Lipinski definition) is 3. The average Bonchev–Trinajstić information content (AvgIpc) is 0.913. The van der Waals surface area contributed by atoms with Crippen LogP contribution in [-0.4, -0.2) is 96.7 Å². The van der Waals surface area contributed by atoms with E-state index in [0.29, 0.717) is 31.6 Å². The summed E-state index contributed by atoms with van der Waals surface area (Å²) in [5.41, 5.74) is 0. The van der Waals surface area contributed by atoms with Crippen LogP contribution in [-0.2, 0) is 65.4 Å². The van der Waals surface area contributed by atoms with E-state index in [-0.39, 0.29) is 25.7 Å². The molecule has 3 unspecified atom stereocenters. The van der Waals surface area contributed by atoms with Crippen molar-refractivity contribution in [1.82, 2.24) is 0 Å². The number of ether oxygens (including phenoxy) is 4. The van der Waals surface area contributed by atoms with Crippen molar-refractivity contribution in [1.29, 1.82) is 0 Å². The fraction of sp³-hybridized carbons (Fsp3) is 0.951. The first-order chi connectivity index (χ1) is 48.6. The lowest BCUT2D eigenvalue weighted by atomic mass is 9.99. The summed E-state index contributed by atoms with van der Waals surface area (Å²) >= 11 is 0. The van der Waals surface area contributed by atoms with Crippen LogP contribution in [0.3, 0.4) is 0 Å². The molecular formula is C82H160O17P2. The van der Waals surface area contributed by atoms with E-state index < -0.39 is 97.5 Å². The van der Waals surface area contributed by atoms with Gasteiger partial charge >= 0.3 is 39.5 Å². The molecule has 0 bridgehead atoms. The normalized spacial score (nSPS) is 14.3. The lowest BCUT2D eigenvalue weighted by Gasteiger charge is -2.21. The third-order valence-corrected chi connectivity index (χ3v) is 21.3. The van der Waals surface area contributed by atoms with E-state index in [1.807, 2.05) is 0 Å². The summed E-state index contributed by atoms with van der Waals surface area (Å²) in [6.45, 7) is 14.3. The summed E-state index contributed by atoms with van der Waals surface area (Å²) in [6, 6.07) is 0. The molecule has 0 heterocycles. The maximum atomic E-state index is 13.1. The van der Waals surface area contributed by atoms with Gasteiger partial charge in [0, 0.05) is 25.7 Å². The van der Waals surface area contributed by atoms with Crippen molar-refractivity contribution in [3.8, 4) is 0 Å². The summed E-state index contributed by atoms with van der Waals surface area (Å²) in [5.74, 6) is 0.991. The second kappa shape index (κ2) is 71.0. The van der Waals surface area contributed by atoms with Gasteiger partial charge in [-0.2, -0.15) is 0 Å². The molecule has 0 aromatic heterocycles. The number of aliphatic hydroxyl groups is 1. The SMILES string of the molecule is CCC(C)CCCCCCCCCCCCCCCCCCCCC(=O)O[C@H](COC(=O)CCCCCCCCC(C)C)COP(=O)(O)OC[C@H](O)COP(=O)(O)OC[C@@H](COC(=O)CCCCCCCCCCCCCCCC(C)C)OC(=O)CCCCCCCCCCCCCC(C)C. The van der Waals surface area contributed by atoms with E-state index in [4.69, 9.17) is 37.0 Å². The highest BCUT2D eigenvalue weighted by atomic mass is 31.2. The van der Waals surface area contributed by atoms with Crippen molar-refractivity contribution in [2.45, 2.75) is 440 Å². The quantitative estimate of drug-likeness (QED) is 0.0222. The second-order valence-corrected chi connectivity index (χ2v) is 34.1. The third kappa shape index (κ3) is 74.7. The van der Waals surface area contributed by atoms with Crippen molar-refractivity contribution in [2.24, 2.45) is 23.7 Å². The zero-order valence-corrected chi connectivity index (χ0v) is 68.3. The molecule has 0 fully saturated rings. The lowest BCUT2D eigenvalue weighted by Crippen LogP contribution is -2.30. The standard InChI is InChI=1S/C82H160O17P2/c1-9-75(8)61-53-45-36-30-24-18-14-12-10-11-13-15-19-26-32-38-48-56-64-81(86)99-78(69-93-80(85)63-55-47-41-40-44-52-60-74(6)7)71-97-101(90,91)95-67-76(83)66-94-100(88,89)96-70-77(98-82(87)65-57-49-39-33-27-21-23-29-35-43-51-59-73(4)5)68-92-79(84)62-54-46-37-31-25-20-16-17-22-28-34-42-50-58-72(2)3/h72-78,83H,9-71H2,1-8H3,(H,88,89)(H,90,91)/t75?,76-,77-,78-/m1/s1. The number of carbonyl (C=O) groups is 4. The minimum atomic E-state index is -4.96. The predicted molar refractivity (Wildman–Crippen MR) is 414 cm³/mol. The monoisotopic (exact) mass is 1480 g/mol. The number of phosphoric acid groups is 2. The number of phosphoric ester groups is 2. The molecule has 6 atom stereocenters. The Labute approximate surface area is 619 Å². The Morgan fingerprint density at radius 1 is 0.277 bits per heavy atom. The molecule has 0 spiro atoms. The number of aliphatic hydroxyl groups excluding tert-OH is 1. The van der Waals surface area contributed by atoms with Gasteiger partial charge in [-0.3, -0.25) is 37.3 Å². The summed E-state index contributed by atoms with van der Waals surface area (Å²) in [5, 5.41) is 10.6. The molecule has 0 aliphatic rings. The van der Waals surface area contributed by atoms with Crippen LogP contribution in [0, 0.1) is 23.7 Å². The van der Waals surface area contributed by atoms with Crippen LogP contribution in [0.2, 0.25) is 0 Å². The van der Waals surface area contributed by atoms with E-state index in [9.17, 15) is 43.2 Å². The van der Waals surface area contributed by atoms with Gasteiger partial charge in [-0.05, 0) is 49.4 Å². The summed E-state index contributed by atoms with van der Waals surface area (Å²) in [6.07, 6.45) is 58.5. The summed E-state index contributed by atoms with van der Waals surface area (Å²) in [4.78, 5) is 73.0. The molecule has 0 amide bonds. The van der Waals surface area contributed by atoms with Gasteiger partial charge in [0.25, 0.3) is 0 Å². The van der Waals surface area contributed by atoms with Gasteiger partial charge in [-0.1, -0.05) is 370 Å². The maximum absolute atomic E-state index is 13.1. The van der Waals surface area contributed by atoms with Crippen molar-refractivity contribution in [2.75, 3.05) is 39.6 Å². The second-order valence-electron chi connectivity index (χ2n) is 31.2. The Hall–Kier alpha value is -1.94. The van der Waals surface area contributed by atoms with Crippen molar-refractivity contribution >= 4 is 39.5 Å². The van der Waals surface area contributed by atoms with Gasteiger partial charge in [0.05, 0.1) is 26.4 Å². The third-order valence-electron chi connectivity index (χ3n) is 19.4. The fourth-order valence-electron chi connectivity index (χ4n) is 12.6. The molecule has 3 N–H and O–H groups in total. The number of esters is 4. The number of rotatable bonds is 79. The first-order valence-electron chi connectivity index (χ1n) is 42.2. The first kappa shape index (κ1) is 99.1. The minimum Gasteiger partial charge on any atom is -0.462 e. The van der Waals surface area contributed by atoms with Crippen LogP contribution >= 0.6 is 15.6 Å². The van der Waals surface area contributed by atoms with Gasteiger partial charge in [-0.15, -0.1) is 0 Å². The first-order valence-corrected chi connectivity index (χ1v) is 45.2. The van der Waals surface area contributed by atoms with Gasteiger partial charge < -0.3 is 33.8 Å². The summed E-state index contributed by atoms with van der Waals surface area (Å²) in [7, 11) is -9.92. The molecule has 101 heavy (non-hydrogen) atoms. The van der Waals surface area contributed by atoms with Gasteiger partial charge in [0.1, 0.15) is 19.3 Å². The van der Waals surface area contributed by atoms with E-state index in [0.717, 1.165) is 114 Å². The highest BCUT2D eigenvalue weighted by Gasteiger charge is 2.30. The fourth-order valence-corrected chi connectivity index (χ4v) is 14.2. The molecule has 0 aliphatic carbocycles. The summed E-state index contributed by atoms with van der Waals surface area (Å²) < 4.78 is 68.7. The number of unbranched alkanes of at least 4 members (excludes halogenated alkanes) is 44. The number of hydrogen-bond acceptors (Lipinski definition) is 15. The number of carbonyl (C=O) groups excluding carboxylic acids is 4. The van der Waals surface area contributed by atoms with Crippen LogP contribution in [0.15, 0.2) is 0 Å². The molecule has 600 valence electrons. The van der Waals surface area contributed by atoms with Crippen molar-refractivity contribution in [3.63, 3.8) is 0 Å². The highest BCUT2D eigenvalue weighted by Crippen LogP contribution is 2.45. The molecule has 0 rings (SSSR count). The molecular weight excluding hydrogens is 1320 g/mol. The molecule has 0 aromatic rings. The highest BCUT2D eigenvalue weighted by molar-refractivity contribution is 7.47. The predicted octanol–water partition coefficient (Wildman–Crippen LogP) is 24.4. The Morgan fingerprint density at radius 3 is 0.703 bits per heavy atom. The zero-order chi connectivity index (χ0) is 74.6. The van der Waals surface area contributed by atoms with Crippen LogP contribution < -0.4 is 0 Å².